The molecule has 0 bridgehead atoms. The predicted molar refractivity (Wildman–Crippen MR) is 215 cm³/mol. The first-order chi connectivity index (χ1) is 31.0. The Bertz CT molecular complexity index is 2430. The number of hydrogen-bond donors (Lipinski definition) is 1. The smallest absolute Gasteiger partial charge is 0.413 e. The van der Waals surface area contributed by atoms with Crippen LogP contribution in [0.5, 0.6) is 0 Å². The fourth-order valence-electron chi connectivity index (χ4n) is 6.49. The van der Waals surface area contributed by atoms with Crippen molar-refractivity contribution in [2.45, 2.75) is 25.4 Å². The topological polar surface area (TPSA) is 151 Å². The van der Waals surface area contributed by atoms with Crippen molar-refractivity contribution >= 4 is 35.1 Å². The van der Waals surface area contributed by atoms with Crippen LogP contribution in [0.25, 0.3) is 11.5 Å². The standard InChI is InChI=1S/C22H21F4N3O4.C21H18F4N4O3/c23-18-12-15(6-7-17(18)19(30)13-27-20(31)22(24,25)26)14-29(16-4-2-1-3-5-16)21(32)28-8-10-33-11-9-28;22-17-12-14(6-7-16(17)18-26-27-19(32-18)21(23,24)25)13-29(15-4-2-1-3-5-15)20(30)28-8-10-31-11-9-28/h1-7,12H,8-11,13-14H2,(H,27,31);1-7,12H,8-11,13H2. The number of ketones is 1. The van der Waals surface area contributed by atoms with Crippen LogP contribution in [-0.4, -0.2) is 109 Å². The van der Waals surface area contributed by atoms with Gasteiger partial charge in [-0.2, -0.15) is 26.3 Å². The zero-order chi connectivity index (χ0) is 46.7. The van der Waals surface area contributed by atoms with Crippen LogP contribution in [0.1, 0.15) is 27.4 Å². The Balaban J connectivity index is 0.000000215. The highest BCUT2D eigenvalue weighted by molar-refractivity contribution is 6.00. The Labute approximate surface area is 365 Å². The van der Waals surface area contributed by atoms with Crippen molar-refractivity contribution < 1.29 is 68.2 Å². The van der Waals surface area contributed by atoms with Gasteiger partial charge in [0.05, 0.1) is 57.2 Å². The lowest BCUT2D eigenvalue weighted by Gasteiger charge is -2.33. The molecule has 2 saturated heterocycles. The quantitative estimate of drug-likeness (QED) is 0.111. The van der Waals surface area contributed by atoms with Crippen LogP contribution in [-0.2, 0) is 33.5 Å². The Morgan fingerprint density at radius 3 is 1.54 bits per heavy atom. The maximum Gasteiger partial charge on any atom is 0.471 e. The number of urea groups is 2. The summed E-state index contributed by atoms with van der Waals surface area (Å²) in [6, 6.07) is 24.6. The van der Waals surface area contributed by atoms with Gasteiger partial charge in [0.2, 0.25) is 0 Å². The van der Waals surface area contributed by atoms with Crippen LogP contribution in [0, 0.1) is 11.6 Å². The highest BCUT2D eigenvalue weighted by Crippen LogP contribution is 2.32. The molecule has 344 valence electrons. The molecular weight excluding hydrogens is 878 g/mol. The number of hydrogen-bond acceptors (Lipinski definition) is 9. The van der Waals surface area contributed by atoms with E-state index in [0.717, 1.165) is 18.2 Å². The molecule has 5 aromatic rings. The van der Waals surface area contributed by atoms with Gasteiger partial charge in [-0.05, 0) is 59.7 Å². The second-order valence-corrected chi connectivity index (χ2v) is 14.2. The van der Waals surface area contributed by atoms with Gasteiger partial charge in [-0.15, -0.1) is 10.2 Å². The van der Waals surface area contributed by atoms with Gasteiger partial charge in [0, 0.05) is 37.6 Å². The van der Waals surface area contributed by atoms with E-state index in [0.29, 0.717) is 75.1 Å². The second-order valence-electron chi connectivity index (χ2n) is 14.2. The third-order valence-corrected chi connectivity index (χ3v) is 9.77. The number of nitrogens with one attached hydrogen (secondary N) is 1. The first-order valence-corrected chi connectivity index (χ1v) is 19.7. The van der Waals surface area contributed by atoms with Crippen molar-refractivity contribution in [3.8, 4) is 11.5 Å². The van der Waals surface area contributed by atoms with Crippen molar-refractivity contribution in [1.29, 1.82) is 0 Å². The highest BCUT2D eigenvalue weighted by Gasteiger charge is 2.39. The van der Waals surface area contributed by atoms with Gasteiger partial charge in [0.25, 0.3) is 5.89 Å². The third-order valence-electron chi connectivity index (χ3n) is 9.77. The van der Waals surface area contributed by atoms with Gasteiger partial charge in [-0.25, -0.2) is 18.4 Å². The van der Waals surface area contributed by atoms with E-state index in [1.807, 2.05) is 6.07 Å². The molecule has 0 aliphatic carbocycles. The van der Waals surface area contributed by atoms with Crippen LogP contribution < -0.4 is 15.1 Å². The summed E-state index contributed by atoms with van der Waals surface area (Å²) in [5, 5.41) is 7.61. The molecule has 1 N–H and O–H groups in total. The minimum absolute atomic E-state index is 0.00357. The number of Topliss-reactive ketones (excluding diaryl/α,β-unsaturated/α-hetero) is 1. The Hall–Kier alpha value is -6.94. The Kier molecular flexibility index (Phi) is 15.5. The summed E-state index contributed by atoms with van der Waals surface area (Å²) < 4.78 is 119. The first kappa shape index (κ1) is 47.5. The molecule has 5 amide bonds. The molecule has 2 fully saturated rings. The normalized spacial score (nSPS) is 14.2. The van der Waals surface area contributed by atoms with Crippen LogP contribution in [0.2, 0.25) is 0 Å². The number of anilines is 2. The molecule has 0 radical (unpaired) electrons. The molecule has 3 heterocycles. The van der Waals surface area contributed by atoms with Crippen molar-refractivity contribution in [3.63, 3.8) is 0 Å². The van der Waals surface area contributed by atoms with Gasteiger partial charge in [-0.3, -0.25) is 19.4 Å². The number of morpholine rings is 2. The molecular formula is C43H39F8N7O7. The van der Waals surface area contributed by atoms with Crippen LogP contribution in [0.3, 0.4) is 0 Å². The summed E-state index contributed by atoms with van der Waals surface area (Å²) in [6.07, 6.45) is -9.96. The van der Waals surface area contributed by atoms with E-state index in [4.69, 9.17) is 9.47 Å². The van der Waals surface area contributed by atoms with Gasteiger partial charge >= 0.3 is 36.2 Å². The maximum absolute atomic E-state index is 14.7. The summed E-state index contributed by atoms with van der Waals surface area (Å²) in [5.74, 6) is -7.24. The fourth-order valence-corrected chi connectivity index (χ4v) is 6.49. The molecule has 0 saturated carbocycles. The lowest BCUT2D eigenvalue weighted by Crippen LogP contribution is -2.48. The van der Waals surface area contributed by atoms with E-state index in [9.17, 15) is 54.3 Å². The highest BCUT2D eigenvalue weighted by atomic mass is 19.4. The van der Waals surface area contributed by atoms with Gasteiger partial charge in [-0.1, -0.05) is 48.5 Å². The lowest BCUT2D eigenvalue weighted by atomic mass is 10.1. The molecule has 2 aliphatic rings. The molecule has 65 heavy (non-hydrogen) atoms. The molecule has 1 aromatic heterocycles. The third kappa shape index (κ3) is 12.6. The SMILES string of the molecule is O=C(CNC(=O)C(F)(F)F)c1ccc(CN(C(=O)N2CCOCC2)c2ccccc2)cc1F.O=C(N1CCOCC1)N(Cc1ccc(-c2nnc(C(F)(F)F)o2)c(F)c1)c1ccccc1. The predicted octanol–water partition coefficient (Wildman–Crippen LogP) is 7.50. The zero-order valence-electron chi connectivity index (χ0n) is 34.1. The maximum atomic E-state index is 14.7. The monoisotopic (exact) mass is 917 g/mol. The molecule has 2 aliphatic heterocycles. The number of para-hydroxylation sites is 2. The summed E-state index contributed by atoms with van der Waals surface area (Å²) in [7, 11) is 0. The molecule has 22 heteroatoms. The number of carbonyl (C=O) groups is 4. The van der Waals surface area contributed by atoms with E-state index in [2.05, 4.69) is 14.6 Å². The van der Waals surface area contributed by atoms with Gasteiger partial charge in [0.1, 0.15) is 11.6 Å². The van der Waals surface area contributed by atoms with E-state index in [1.54, 1.807) is 64.4 Å². The average molecular weight is 918 g/mol. The van der Waals surface area contributed by atoms with Crippen LogP contribution in [0.15, 0.2) is 101 Å². The van der Waals surface area contributed by atoms with Gasteiger partial charge < -0.3 is 29.0 Å². The number of aromatic nitrogens is 2. The minimum Gasteiger partial charge on any atom is -0.413 e. The summed E-state index contributed by atoms with van der Waals surface area (Å²) in [6.45, 7) is 2.42. The molecule has 7 rings (SSSR count). The zero-order valence-corrected chi connectivity index (χ0v) is 34.1. The van der Waals surface area contributed by atoms with Crippen LogP contribution >= 0.6 is 0 Å². The summed E-state index contributed by atoms with van der Waals surface area (Å²) in [5.41, 5.74) is 1.29. The minimum atomic E-state index is -5.14. The van der Waals surface area contributed by atoms with Crippen LogP contribution in [0.4, 0.5) is 56.1 Å². The molecule has 0 atom stereocenters. The Morgan fingerprint density at radius 1 is 0.631 bits per heavy atom. The number of halogens is 8. The number of carbonyl (C=O) groups excluding carboxylic acids is 4. The van der Waals surface area contributed by atoms with E-state index in [-0.39, 0.29) is 30.7 Å². The number of benzene rings is 4. The van der Waals surface area contributed by atoms with E-state index in [1.165, 1.54) is 33.3 Å². The molecule has 0 unspecified atom stereocenters. The lowest BCUT2D eigenvalue weighted by molar-refractivity contribution is -0.173. The molecule has 14 nitrogen and oxygen atoms in total. The second kappa shape index (κ2) is 21.2. The fraction of sp³-hybridized carbons (Fsp3) is 0.302. The number of alkyl halides is 6. The van der Waals surface area contributed by atoms with Crippen molar-refractivity contribution in [1.82, 2.24) is 25.3 Å². The van der Waals surface area contributed by atoms with E-state index < -0.39 is 59.6 Å². The number of ether oxygens (including phenoxy) is 2. The van der Waals surface area contributed by atoms with Crippen molar-refractivity contribution in [2.75, 3.05) is 69.0 Å². The number of rotatable bonds is 10. The Morgan fingerprint density at radius 2 is 1.11 bits per heavy atom. The number of amides is 5. The summed E-state index contributed by atoms with van der Waals surface area (Å²) >= 11 is 0. The largest absolute Gasteiger partial charge is 0.471 e. The first-order valence-electron chi connectivity index (χ1n) is 19.7. The average Bonchev–Trinajstić information content (AvgIpc) is 3.81. The summed E-state index contributed by atoms with van der Waals surface area (Å²) in [4.78, 5) is 55.4. The van der Waals surface area contributed by atoms with Crippen molar-refractivity contribution in [3.05, 3.63) is 131 Å². The number of nitrogens with zero attached hydrogens (tertiary/aromatic N) is 6. The molecule has 0 spiro atoms. The van der Waals surface area contributed by atoms with E-state index >= 15 is 0 Å². The van der Waals surface area contributed by atoms with Crippen molar-refractivity contribution in [2.24, 2.45) is 0 Å². The van der Waals surface area contributed by atoms with Gasteiger partial charge in [0.15, 0.2) is 5.78 Å². The molecule has 4 aromatic carbocycles.